The topological polar surface area (TPSA) is 50.2 Å². The highest BCUT2D eigenvalue weighted by Crippen LogP contribution is 2.42. The van der Waals surface area contributed by atoms with Crippen LogP contribution in [0.1, 0.15) is 35.1 Å². The first-order valence-corrected chi connectivity index (χ1v) is 11.9. The molecule has 1 aliphatic heterocycles. The van der Waals surface area contributed by atoms with E-state index in [0.29, 0.717) is 11.4 Å². The molecule has 2 N–H and O–H groups in total. The van der Waals surface area contributed by atoms with E-state index in [1.807, 2.05) is 35.6 Å². The summed E-state index contributed by atoms with van der Waals surface area (Å²) in [5, 5.41) is 2.94. The van der Waals surface area contributed by atoms with Crippen LogP contribution in [-0.2, 0) is 13.0 Å². The molecule has 0 spiro atoms. The number of rotatable bonds is 4. The lowest BCUT2D eigenvalue weighted by Gasteiger charge is -2.32. The molecule has 6 heteroatoms. The largest absolute Gasteiger partial charge is 0.322 e. The van der Waals surface area contributed by atoms with Gasteiger partial charge in [0.1, 0.15) is 17.4 Å². The Morgan fingerprint density at radius 3 is 2.86 bits per heavy atom. The average Bonchev–Trinajstić information content (AvgIpc) is 3.29. The lowest BCUT2D eigenvalue weighted by Crippen LogP contribution is -3.12. The molecule has 1 fully saturated rings. The lowest BCUT2D eigenvalue weighted by atomic mass is 9.96. The zero-order valence-electron chi connectivity index (χ0n) is 16.0. The first kappa shape index (κ1) is 17.6. The molecule has 2 atom stereocenters. The Morgan fingerprint density at radius 2 is 2.03 bits per heavy atom. The zero-order valence-corrected chi connectivity index (χ0v) is 17.6. The van der Waals surface area contributed by atoms with Gasteiger partial charge in [0, 0.05) is 27.7 Å². The average molecular weight is 421 g/mol. The van der Waals surface area contributed by atoms with Crippen molar-refractivity contribution in [3.05, 3.63) is 74.5 Å². The highest BCUT2D eigenvalue weighted by molar-refractivity contribution is 7.21. The van der Waals surface area contributed by atoms with Gasteiger partial charge in [0.15, 0.2) is 5.82 Å². The van der Waals surface area contributed by atoms with E-state index in [1.165, 1.54) is 12.8 Å². The molecule has 6 rings (SSSR count). The van der Waals surface area contributed by atoms with Crippen LogP contribution in [0.5, 0.6) is 0 Å². The zero-order chi connectivity index (χ0) is 19.4. The van der Waals surface area contributed by atoms with Crippen molar-refractivity contribution >= 4 is 32.9 Å². The molecule has 0 radical (unpaired) electrons. The Morgan fingerprint density at radius 1 is 1.17 bits per heavy atom. The van der Waals surface area contributed by atoms with Gasteiger partial charge in [0.25, 0.3) is 5.56 Å². The smallest absolute Gasteiger partial charge is 0.259 e. The maximum absolute atomic E-state index is 12.8. The molecule has 4 nitrogen and oxygen atoms in total. The third kappa shape index (κ3) is 3.16. The maximum Gasteiger partial charge on any atom is 0.259 e. The molecule has 0 saturated heterocycles. The molecule has 0 amide bonds. The predicted molar refractivity (Wildman–Crippen MR) is 119 cm³/mol. The predicted octanol–water partition coefficient (Wildman–Crippen LogP) is 3.81. The summed E-state index contributed by atoms with van der Waals surface area (Å²) in [7, 11) is 0. The Hall–Kier alpha value is -2.28. The van der Waals surface area contributed by atoms with E-state index in [0.717, 1.165) is 46.5 Å². The summed E-state index contributed by atoms with van der Waals surface area (Å²) in [6, 6.07) is 15.1. The van der Waals surface area contributed by atoms with Crippen molar-refractivity contribution < 1.29 is 4.90 Å². The summed E-state index contributed by atoms with van der Waals surface area (Å²) in [6.07, 6.45) is 3.80. The highest BCUT2D eigenvalue weighted by Gasteiger charge is 2.43. The van der Waals surface area contributed by atoms with Gasteiger partial charge in [-0.05, 0) is 35.9 Å². The second-order valence-corrected chi connectivity index (χ2v) is 10.2. The van der Waals surface area contributed by atoms with Gasteiger partial charge in [0.2, 0.25) is 0 Å². The third-order valence-electron chi connectivity index (χ3n) is 6.23. The van der Waals surface area contributed by atoms with Crippen molar-refractivity contribution in [1.29, 1.82) is 0 Å². The quantitative estimate of drug-likeness (QED) is 0.528. The fourth-order valence-electron chi connectivity index (χ4n) is 4.72. The van der Waals surface area contributed by atoms with Crippen molar-refractivity contribution in [3.63, 3.8) is 0 Å². The summed E-state index contributed by atoms with van der Waals surface area (Å²) in [5.41, 5.74) is 2.67. The van der Waals surface area contributed by atoms with Crippen LogP contribution < -0.4 is 10.5 Å². The van der Waals surface area contributed by atoms with E-state index in [1.54, 1.807) is 26.7 Å². The second kappa shape index (κ2) is 6.90. The Bertz CT molecular complexity index is 1240. The molecule has 1 saturated carbocycles. The third-order valence-corrected chi connectivity index (χ3v) is 8.30. The van der Waals surface area contributed by atoms with E-state index in [9.17, 15) is 4.79 Å². The fourth-order valence-corrected chi connectivity index (χ4v) is 6.70. The van der Waals surface area contributed by atoms with Crippen LogP contribution in [0.25, 0.3) is 20.7 Å². The van der Waals surface area contributed by atoms with Crippen LogP contribution in [0.3, 0.4) is 0 Å². The molecular weight excluding hydrogens is 398 g/mol. The molecule has 1 aromatic carbocycles. The van der Waals surface area contributed by atoms with E-state index in [-0.39, 0.29) is 5.56 Å². The normalized spacial score (nSPS) is 21.4. The lowest BCUT2D eigenvalue weighted by molar-refractivity contribution is -0.950. The van der Waals surface area contributed by atoms with Gasteiger partial charge in [-0.3, -0.25) is 4.79 Å². The number of hydrogen-bond acceptors (Lipinski definition) is 4. The summed E-state index contributed by atoms with van der Waals surface area (Å²) in [6.45, 7) is 1.91. The Kier molecular flexibility index (Phi) is 4.18. The molecule has 3 aromatic heterocycles. The molecule has 1 aliphatic carbocycles. The standard InChI is InChI=1S/C23H21N3OS2/c27-22-17-12-19(14-4-2-1-3-5-14)29-23(17)25-20(24-22)13-26-10-8-18-16(9-11-28-18)21(26)15-6-7-15/h1-5,9,11-12,15,21H,6-8,10,13H2,(H,24,25,27)/p+1/t21-/m1/s1. The number of fused-ring (bicyclic) bond motifs is 2. The van der Waals surface area contributed by atoms with Crippen molar-refractivity contribution in [2.75, 3.05) is 6.54 Å². The number of H-pyrrole nitrogens is 1. The van der Waals surface area contributed by atoms with Crippen molar-refractivity contribution in [3.8, 4) is 10.4 Å². The number of hydrogen-bond donors (Lipinski definition) is 2. The maximum atomic E-state index is 12.8. The molecule has 146 valence electrons. The Balaban J connectivity index is 1.34. The minimum Gasteiger partial charge on any atom is -0.322 e. The van der Waals surface area contributed by atoms with Crippen LogP contribution >= 0.6 is 22.7 Å². The minimum absolute atomic E-state index is 0.0148. The first-order valence-electron chi connectivity index (χ1n) is 10.3. The molecule has 29 heavy (non-hydrogen) atoms. The number of benzene rings is 1. The van der Waals surface area contributed by atoms with E-state index < -0.39 is 0 Å². The molecule has 4 heterocycles. The van der Waals surface area contributed by atoms with Gasteiger partial charge in [0.05, 0.1) is 11.9 Å². The fraction of sp³-hybridized carbons (Fsp3) is 0.304. The summed E-state index contributed by atoms with van der Waals surface area (Å²) in [5.74, 6) is 1.61. The molecule has 0 bridgehead atoms. The first-order chi connectivity index (χ1) is 14.3. The number of thiophene rings is 2. The molecule has 4 aromatic rings. The van der Waals surface area contributed by atoms with Gasteiger partial charge in [-0.2, -0.15) is 0 Å². The number of nitrogens with zero attached hydrogens (tertiary/aromatic N) is 1. The second-order valence-electron chi connectivity index (χ2n) is 8.16. The van der Waals surface area contributed by atoms with E-state index in [4.69, 9.17) is 4.98 Å². The molecule has 1 unspecified atom stereocenters. The minimum atomic E-state index is -0.0148. The number of aromatic amines is 1. The Labute approximate surface area is 176 Å². The summed E-state index contributed by atoms with van der Waals surface area (Å²) < 4.78 is 0. The van der Waals surface area contributed by atoms with Crippen LogP contribution in [-0.4, -0.2) is 16.5 Å². The van der Waals surface area contributed by atoms with E-state index in [2.05, 4.69) is 28.6 Å². The molecular formula is C23H22N3OS2+. The van der Waals surface area contributed by atoms with Gasteiger partial charge in [-0.15, -0.1) is 22.7 Å². The van der Waals surface area contributed by atoms with Crippen molar-refractivity contribution in [2.45, 2.75) is 31.8 Å². The van der Waals surface area contributed by atoms with Crippen LogP contribution in [0, 0.1) is 5.92 Å². The van der Waals surface area contributed by atoms with Crippen molar-refractivity contribution in [2.24, 2.45) is 5.92 Å². The number of nitrogens with one attached hydrogen (secondary N) is 2. The summed E-state index contributed by atoms with van der Waals surface area (Å²) >= 11 is 3.51. The van der Waals surface area contributed by atoms with Gasteiger partial charge >= 0.3 is 0 Å². The summed E-state index contributed by atoms with van der Waals surface area (Å²) in [4.78, 5) is 25.8. The highest BCUT2D eigenvalue weighted by atomic mass is 32.1. The number of aromatic nitrogens is 2. The SMILES string of the molecule is O=c1[nH]c(C[NH+]2CCc3sccc3[C@H]2C2CC2)nc2sc(-c3ccccc3)cc12. The number of quaternary nitrogens is 1. The van der Waals surface area contributed by atoms with Gasteiger partial charge in [-0.1, -0.05) is 30.3 Å². The van der Waals surface area contributed by atoms with Gasteiger partial charge < -0.3 is 9.88 Å². The van der Waals surface area contributed by atoms with Crippen LogP contribution in [0.15, 0.2) is 52.6 Å². The molecule has 2 aliphatic rings. The van der Waals surface area contributed by atoms with Crippen molar-refractivity contribution in [1.82, 2.24) is 9.97 Å². The van der Waals surface area contributed by atoms with Crippen LogP contribution in [0.4, 0.5) is 0 Å². The van der Waals surface area contributed by atoms with Crippen LogP contribution in [0.2, 0.25) is 0 Å². The monoisotopic (exact) mass is 420 g/mol. The van der Waals surface area contributed by atoms with E-state index >= 15 is 0 Å². The van der Waals surface area contributed by atoms with Gasteiger partial charge in [-0.25, -0.2) is 4.98 Å².